The van der Waals surface area contributed by atoms with E-state index in [9.17, 15) is 10.1 Å². The fraction of sp³-hybridized carbons (Fsp3) is 0.400. The van der Waals surface area contributed by atoms with Gasteiger partial charge in [0.15, 0.2) is 6.29 Å². The van der Waals surface area contributed by atoms with Crippen molar-refractivity contribution in [3.8, 4) is 17.6 Å². The lowest BCUT2D eigenvalue weighted by molar-refractivity contribution is -0.0918. The minimum atomic E-state index is -1.58. The Morgan fingerprint density at radius 2 is 1.49 bits per heavy atom. The van der Waals surface area contributed by atoms with Gasteiger partial charge in [0.1, 0.15) is 29.4 Å². The number of carbonyl (C=O) groups excluding carboxylic acids is 1. The number of nitriles is 1. The van der Waals surface area contributed by atoms with Gasteiger partial charge in [-0.1, -0.05) is 54.6 Å². The molecule has 4 aromatic rings. The SMILES string of the molecule is COc1ccc(C(OC[C@H]2O[C@@H](n3cccc3C=O)C[C@@H]2OP(OCCC#N)N(C(C)C)C(C)C)(c2ccccc2)c2ccc(OC)cc2)cc1. The molecule has 0 spiro atoms. The number of hydrogen-bond donors (Lipinski definition) is 0. The van der Waals surface area contributed by atoms with Crippen molar-refractivity contribution in [2.45, 2.75) is 76.7 Å². The van der Waals surface area contributed by atoms with Crippen LogP contribution in [-0.4, -0.2) is 67.2 Å². The summed E-state index contributed by atoms with van der Waals surface area (Å²) in [5.41, 5.74) is 2.16. The number of methoxy groups -OCH3 is 2. The maximum atomic E-state index is 12.0. The number of carbonyl (C=O) groups is 1. The van der Waals surface area contributed by atoms with Crippen molar-refractivity contribution in [3.63, 3.8) is 0 Å². The highest BCUT2D eigenvalue weighted by atomic mass is 31.2. The standard InChI is InChI=1S/C40H48N3O7P/c1-29(2)43(30(3)4)51(48-25-11-23-41)50-37-26-39(42-24-10-14-34(42)27-44)49-38(37)28-47-40(31-12-8-7-9-13-31,32-15-19-35(45-5)20-16-32)33-17-21-36(46-6)22-18-33/h7-10,12-22,24,27,29-30,37-39H,11,25-26,28H2,1-6H3/t37-,38+,39+,51?/m0/s1. The maximum absolute atomic E-state index is 12.0. The van der Waals surface area contributed by atoms with E-state index in [0.717, 1.165) is 34.5 Å². The Hall–Kier alpha value is -4.07. The second kappa shape index (κ2) is 17.9. The first kappa shape index (κ1) is 38.2. The maximum Gasteiger partial charge on any atom is 0.259 e. The smallest absolute Gasteiger partial charge is 0.259 e. The molecule has 1 unspecified atom stereocenters. The van der Waals surface area contributed by atoms with E-state index in [1.54, 1.807) is 20.3 Å². The number of aromatic nitrogens is 1. The van der Waals surface area contributed by atoms with Crippen LogP contribution in [0.1, 0.15) is 73.9 Å². The molecular weight excluding hydrogens is 665 g/mol. The second-order valence-corrected chi connectivity index (χ2v) is 14.2. The zero-order valence-electron chi connectivity index (χ0n) is 30.2. The summed E-state index contributed by atoms with van der Waals surface area (Å²) in [6.45, 7) is 8.81. The van der Waals surface area contributed by atoms with Gasteiger partial charge in [0.25, 0.3) is 8.53 Å². The Morgan fingerprint density at radius 3 is 2.02 bits per heavy atom. The molecule has 1 saturated heterocycles. The molecule has 2 heterocycles. The van der Waals surface area contributed by atoms with E-state index in [0.29, 0.717) is 12.1 Å². The van der Waals surface area contributed by atoms with E-state index in [1.165, 1.54) is 0 Å². The first-order chi connectivity index (χ1) is 24.7. The van der Waals surface area contributed by atoms with Gasteiger partial charge in [0.05, 0.1) is 51.7 Å². The summed E-state index contributed by atoms with van der Waals surface area (Å²) in [4.78, 5) is 12.0. The molecule has 11 heteroatoms. The van der Waals surface area contributed by atoms with Gasteiger partial charge in [0.2, 0.25) is 0 Å². The molecule has 0 aliphatic carbocycles. The molecule has 10 nitrogen and oxygen atoms in total. The molecule has 1 aliphatic rings. The monoisotopic (exact) mass is 713 g/mol. The van der Waals surface area contributed by atoms with Gasteiger partial charge >= 0.3 is 0 Å². The highest BCUT2D eigenvalue weighted by molar-refractivity contribution is 7.44. The molecule has 5 rings (SSSR count). The van der Waals surface area contributed by atoms with E-state index >= 15 is 0 Å². The van der Waals surface area contributed by atoms with Gasteiger partial charge in [-0.15, -0.1) is 0 Å². The number of ether oxygens (including phenoxy) is 4. The van der Waals surface area contributed by atoms with Crippen molar-refractivity contribution in [2.75, 3.05) is 27.4 Å². The molecule has 0 saturated carbocycles. The lowest BCUT2D eigenvalue weighted by atomic mass is 9.80. The molecule has 0 amide bonds. The quantitative estimate of drug-likeness (QED) is 0.0436. The van der Waals surface area contributed by atoms with Gasteiger partial charge in [0, 0.05) is 24.7 Å². The van der Waals surface area contributed by atoms with Crippen LogP contribution in [-0.2, 0) is 24.1 Å². The molecule has 1 aromatic heterocycles. The zero-order valence-corrected chi connectivity index (χ0v) is 31.1. The number of nitrogens with zero attached hydrogens (tertiary/aromatic N) is 3. The van der Waals surface area contributed by atoms with E-state index in [1.807, 2.05) is 83.6 Å². The molecular formula is C40H48N3O7P. The molecule has 0 N–H and O–H groups in total. The van der Waals surface area contributed by atoms with E-state index in [2.05, 4.69) is 50.6 Å². The van der Waals surface area contributed by atoms with Crippen molar-refractivity contribution in [2.24, 2.45) is 0 Å². The molecule has 1 aliphatic heterocycles. The van der Waals surface area contributed by atoms with Crippen LogP contribution < -0.4 is 9.47 Å². The topological polar surface area (TPSA) is 104 Å². The summed E-state index contributed by atoms with van der Waals surface area (Å²) < 4.78 is 42.3. The van der Waals surface area contributed by atoms with Crippen LogP contribution >= 0.6 is 8.53 Å². The average molecular weight is 714 g/mol. The van der Waals surface area contributed by atoms with Crippen LogP contribution in [0.25, 0.3) is 0 Å². The highest BCUT2D eigenvalue weighted by Crippen LogP contribution is 2.51. The van der Waals surface area contributed by atoms with Crippen LogP contribution in [0.5, 0.6) is 11.5 Å². The first-order valence-electron chi connectivity index (χ1n) is 17.3. The third-order valence-electron chi connectivity index (χ3n) is 8.95. The van der Waals surface area contributed by atoms with Gasteiger partial charge in [-0.05, 0) is 80.8 Å². The van der Waals surface area contributed by atoms with Crippen LogP contribution in [0.2, 0.25) is 0 Å². The van der Waals surface area contributed by atoms with Crippen LogP contribution in [0.15, 0.2) is 97.2 Å². The van der Waals surface area contributed by atoms with Gasteiger partial charge in [-0.25, -0.2) is 4.67 Å². The van der Waals surface area contributed by atoms with Crippen molar-refractivity contribution >= 4 is 14.8 Å². The lowest BCUT2D eigenvalue weighted by Crippen LogP contribution is -2.39. The molecule has 0 radical (unpaired) electrons. The summed E-state index contributed by atoms with van der Waals surface area (Å²) >= 11 is 0. The molecule has 3 aromatic carbocycles. The largest absolute Gasteiger partial charge is 0.497 e. The van der Waals surface area contributed by atoms with E-state index in [-0.39, 0.29) is 31.7 Å². The Bertz CT molecular complexity index is 1650. The summed E-state index contributed by atoms with van der Waals surface area (Å²) in [6.07, 6.45) is 1.88. The lowest BCUT2D eigenvalue weighted by Gasteiger charge is -2.39. The fourth-order valence-electron chi connectivity index (χ4n) is 6.59. The van der Waals surface area contributed by atoms with Gasteiger partial charge in [-0.3, -0.25) is 4.79 Å². The van der Waals surface area contributed by atoms with E-state index < -0.39 is 32.6 Å². The number of rotatable bonds is 18. The minimum absolute atomic E-state index is 0.119. The first-order valence-corrected chi connectivity index (χ1v) is 18.4. The number of benzene rings is 3. The van der Waals surface area contributed by atoms with Crippen molar-refractivity contribution in [3.05, 3.63) is 120 Å². The summed E-state index contributed by atoms with van der Waals surface area (Å²) in [6, 6.07) is 31.9. The molecule has 0 bridgehead atoms. The summed E-state index contributed by atoms with van der Waals surface area (Å²) in [7, 11) is 1.71. The normalized spacial score (nSPS) is 18.2. The predicted molar refractivity (Wildman–Crippen MR) is 197 cm³/mol. The Kier molecular flexibility index (Phi) is 13.4. The predicted octanol–water partition coefficient (Wildman–Crippen LogP) is 8.28. The highest BCUT2D eigenvalue weighted by Gasteiger charge is 2.45. The molecule has 270 valence electrons. The van der Waals surface area contributed by atoms with Gasteiger partial charge in [-0.2, -0.15) is 5.26 Å². The van der Waals surface area contributed by atoms with Crippen LogP contribution in [0.3, 0.4) is 0 Å². The summed E-state index contributed by atoms with van der Waals surface area (Å²) in [5, 5.41) is 9.28. The van der Waals surface area contributed by atoms with Gasteiger partial charge < -0.3 is 32.6 Å². The molecule has 51 heavy (non-hydrogen) atoms. The fourth-order valence-corrected chi connectivity index (χ4v) is 8.35. The molecule has 1 fully saturated rings. The van der Waals surface area contributed by atoms with Crippen molar-refractivity contribution < 1.29 is 32.8 Å². The zero-order chi connectivity index (χ0) is 36.4. The Balaban J connectivity index is 1.58. The van der Waals surface area contributed by atoms with Crippen LogP contribution in [0.4, 0.5) is 0 Å². The van der Waals surface area contributed by atoms with Crippen molar-refractivity contribution in [1.29, 1.82) is 5.26 Å². The summed E-state index contributed by atoms with van der Waals surface area (Å²) in [5.74, 6) is 1.46. The molecule has 4 atom stereocenters. The van der Waals surface area contributed by atoms with E-state index in [4.69, 9.17) is 28.0 Å². The third kappa shape index (κ3) is 8.70. The minimum Gasteiger partial charge on any atom is -0.497 e. The third-order valence-corrected chi connectivity index (χ3v) is 11.1. The number of aldehydes is 1. The van der Waals surface area contributed by atoms with Crippen molar-refractivity contribution in [1.82, 2.24) is 9.24 Å². The number of hydrogen-bond acceptors (Lipinski definition) is 9. The Labute approximate surface area is 302 Å². The Morgan fingerprint density at radius 1 is 0.902 bits per heavy atom. The van der Waals surface area contributed by atoms with Crippen LogP contribution in [0, 0.1) is 11.3 Å². The average Bonchev–Trinajstić information content (AvgIpc) is 3.79. The second-order valence-electron chi connectivity index (χ2n) is 12.8.